The zero-order valence-corrected chi connectivity index (χ0v) is 23.0. The molecule has 2 saturated carbocycles. The maximum atomic E-state index is 13.7. The molecule has 0 amide bonds. The molecule has 2 aromatic rings. The second-order valence-corrected chi connectivity index (χ2v) is 11.3. The van der Waals surface area contributed by atoms with Crippen LogP contribution in [0.4, 0.5) is 8.78 Å². The van der Waals surface area contributed by atoms with Crippen molar-refractivity contribution in [2.24, 2.45) is 11.8 Å². The molecule has 4 rings (SSSR count). The van der Waals surface area contributed by atoms with E-state index in [1.807, 2.05) is 12.1 Å². The monoisotopic (exact) mass is 528 g/mol. The van der Waals surface area contributed by atoms with Gasteiger partial charge in [-0.3, -0.25) is 0 Å². The predicted molar refractivity (Wildman–Crippen MR) is 152 cm³/mol. The van der Waals surface area contributed by atoms with E-state index in [-0.39, 0.29) is 10.9 Å². The van der Waals surface area contributed by atoms with Crippen LogP contribution in [0.1, 0.15) is 114 Å². The topological polar surface area (TPSA) is 80.9 Å². The number of hydrogen-bond donors (Lipinski definition) is 4. The van der Waals surface area contributed by atoms with E-state index in [1.54, 1.807) is 0 Å². The van der Waals surface area contributed by atoms with Crippen molar-refractivity contribution >= 4 is 25.2 Å². The second kappa shape index (κ2) is 15.2. The molecule has 0 radical (unpaired) electrons. The SMILES string of the molecule is CCCC1CCC(c2ccc(B(O)O)c(F)c2)CC1.CCCC1CCC(c2ccc(B(O)O)c(F)c2)CC1. The van der Waals surface area contributed by atoms with Crippen molar-refractivity contribution in [2.45, 2.75) is 103 Å². The lowest BCUT2D eigenvalue weighted by atomic mass is 9.75. The van der Waals surface area contributed by atoms with Crippen LogP contribution in [0.15, 0.2) is 36.4 Å². The standard InChI is InChI=1S/2C15H22BFO2/c2*1-2-3-11-4-6-12(7-5-11)13-8-9-14(16(18)19)15(17)10-13/h2*8-12,18-19H,2-7H2,1H3. The molecule has 8 heteroatoms. The highest BCUT2D eigenvalue weighted by Crippen LogP contribution is 2.38. The van der Waals surface area contributed by atoms with Crippen LogP contribution in [0.2, 0.25) is 0 Å². The van der Waals surface area contributed by atoms with Gasteiger partial charge in [-0.25, -0.2) is 8.78 Å². The molecular weight excluding hydrogens is 484 g/mol. The van der Waals surface area contributed by atoms with Gasteiger partial charge in [-0.2, -0.15) is 0 Å². The quantitative estimate of drug-likeness (QED) is 0.357. The molecule has 4 nitrogen and oxygen atoms in total. The van der Waals surface area contributed by atoms with Gasteiger partial charge in [-0.05, 0) is 98.3 Å². The van der Waals surface area contributed by atoms with Crippen molar-refractivity contribution in [1.82, 2.24) is 0 Å². The maximum Gasteiger partial charge on any atom is 0.491 e. The minimum Gasteiger partial charge on any atom is -0.423 e. The van der Waals surface area contributed by atoms with Gasteiger partial charge in [-0.1, -0.05) is 63.8 Å². The molecule has 2 fully saturated rings. The third-order valence-electron chi connectivity index (χ3n) is 8.64. The largest absolute Gasteiger partial charge is 0.491 e. The van der Waals surface area contributed by atoms with Crippen LogP contribution < -0.4 is 10.9 Å². The van der Waals surface area contributed by atoms with Crippen LogP contribution in [-0.2, 0) is 0 Å². The predicted octanol–water partition coefficient (Wildman–Crippen LogP) is 5.16. The Bertz CT molecular complexity index is 909. The number of halogens is 2. The fraction of sp³-hybridized carbons (Fsp3) is 0.600. The van der Waals surface area contributed by atoms with E-state index >= 15 is 0 Å². The van der Waals surface area contributed by atoms with Crippen molar-refractivity contribution in [1.29, 1.82) is 0 Å². The molecule has 0 heterocycles. The summed E-state index contributed by atoms with van der Waals surface area (Å²) in [4.78, 5) is 0. The highest BCUT2D eigenvalue weighted by Gasteiger charge is 2.25. The molecule has 0 atom stereocenters. The lowest BCUT2D eigenvalue weighted by molar-refractivity contribution is 0.308. The average molecular weight is 528 g/mol. The van der Waals surface area contributed by atoms with Crippen LogP contribution in [0.3, 0.4) is 0 Å². The molecular formula is C30H44B2F2O4. The third kappa shape index (κ3) is 8.64. The average Bonchev–Trinajstić information content (AvgIpc) is 2.90. The lowest BCUT2D eigenvalue weighted by Gasteiger charge is -2.28. The van der Waals surface area contributed by atoms with Gasteiger partial charge in [0.25, 0.3) is 0 Å². The van der Waals surface area contributed by atoms with Crippen LogP contribution in [0.5, 0.6) is 0 Å². The molecule has 38 heavy (non-hydrogen) atoms. The summed E-state index contributed by atoms with van der Waals surface area (Å²) >= 11 is 0. The van der Waals surface area contributed by atoms with E-state index in [4.69, 9.17) is 20.1 Å². The summed E-state index contributed by atoms with van der Waals surface area (Å²) in [5, 5.41) is 36.1. The molecule has 4 N–H and O–H groups in total. The molecule has 2 aromatic carbocycles. The number of benzene rings is 2. The van der Waals surface area contributed by atoms with Crippen LogP contribution in [-0.4, -0.2) is 34.3 Å². The van der Waals surface area contributed by atoms with Gasteiger partial charge >= 0.3 is 14.2 Å². The Morgan fingerprint density at radius 3 is 1.21 bits per heavy atom. The van der Waals surface area contributed by atoms with Gasteiger partial charge in [0.2, 0.25) is 0 Å². The Kier molecular flexibility index (Phi) is 12.3. The van der Waals surface area contributed by atoms with Crippen molar-refractivity contribution in [3.8, 4) is 0 Å². The summed E-state index contributed by atoms with van der Waals surface area (Å²) in [6.45, 7) is 4.45. The third-order valence-corrected chi connectivity index (χ3v) is 8.64. The fourth-order valence-electron chi connectivity index (χ4n) is 6.40. The van der Waals surface area contributed by atoms with E-state index in [1.165, 1.54) is 75.6 Å². The molecule has 2 aliphatic rings. The zero-order chi connectivity index (χ0) is 27.7. The molecule has 0 unspecified atom stereocenters. The Hall–Kier alpha value is -1.73. The molecule has 208 valence electrons. The van der Waals surface area contributed by atoms with E-state index in [0.29, 0.717) is 11.8 Å². The molecule has 0 saturated heterocycles. The summed E-state index contributed by atoms with van der Waals surface area (Å²) in [6.07, 6.45) is 14.5. The Morgan fingerprint density at radius 2 is 0.947 bits per heavy atom. The first-order chi connectivity index (χ1) is 18.2. The molecule has 0 aromatic heterocycles. The first-order valence-corrected chi connectivity index (χ1v) is 14.5. The second-order valence-electron chi connectivity index (χ2n) is 11.3. The fourth-order valence-corrected chi connectivity index (χ4v) is 6.40. The van der Waals surface area contributed by atoms with Crippen molar-refractivity contribution in [3.63, 3.8) is 0 Å². The van der Waals surface area contributed by atoms with Gasteiger partial charge in [0, 0.05) is 10.9 Å². The van der Waals surface area contributed by atoms with Gasteiger partial charge in [0.15, 0.2) is 0 Å². The summed E-state index contributed by atoms with van der Waals surface area (Å²) in [7, 11) is -3.45. The summed E-state index contributed by atoms with van der Waals surface area (Å²) in [5.74, 6) is 1.50. The summed E-state index contributed by atoms with van der Waals surface area (Å²) in [5.41, 5.74) is 1.92. The molecule has 0 spiro atoms. The number of hydrogen-bond acceptors (Lipinski definition) is 4. The molecule has 2 aliphatic carbocycles. The van der Waals surface area contributed by atoms with Gasteiger partial charge in [0.1, 0.15) is 11.6 Å². The Labute approximate surface area is 227 Å². The smallest absolute Gasteiger partial charge is 0.423 e. The van der Waals surface area contributed by atoms with Crippen LogP contribution in [0, 0.1) is 23.5 Å². The van der Waals surface area contributed by atoms with E-state index < -0.39 is 25.9 Å². The van der Waals surface area contributed by atoms with Gasteiger partial charge in [0.05, 0.1) is 0 Å². The zero-order valence-electron chi connectivity index (χ0n) is 23.0. The van der Waals surface area contributed by atoms with Crippen molar-refractivity contribution in [3.05, 3.63) is 59.2 Å². The first kappa shape index (κ1) is 30.8. The minimum absolute atomic E-state index is 0.0385. The van der Waals surface area contributed by atoms with E-state index in [9.17, 15) is 8.78 Å². The van der Waals surface area contributed by atoms with Gasteiger partial charge < -0.3 is 20.1 Å². The van der Waals surface area contributed by atoms with Crippen molar-refractivity contribution < 1.29 is 28.9 Å². The number of rotatable bonds is 8. The van der Waals surface area contributed by atoms with Crippen LogP contribution in [0.25, 0.3) is 0 Å². The Balaban J connectivity index is 0.000000211. The van der Waals surface area contributed by atoms with E-state index in [0.717, 1.165) is 48.6 Å². The highest BCUT2D eigenvalue weighted by molar-refractivity contribution is 6.59. The maximum absolute atomic E-state index is 13.7. The van der Waals surface area contributed by atoms with Crippen LogP contribution >= 0.6 is 0 Å². The van der Waals surface area contributed by atoms with E-state index in [2.05, 4.69) is 13.8 Å². The molecule has 0 bridgehead atoms. The highest BCUT2D eigenvalue weighted by atomic mass is 19.1. The summed E-state index contributed by atoms with van der Waals surface area (Å²) in [6, 6.07) is 9.60. The minimum atomic E-state index is -1.73. The first-order valence-electron chi connectivity index (χ1n) is 14.5. The normalized spacial score (nSPS) is 23.4. The van der Waals surface area contributed by atoms with Gasteiger partial charge in [-0.15, -0.1) is 0 Å². The van der Waals surface area contributed by atoms with Crippen molar-refractivity contribution in [2.75, 3.05) is 0 Å². The molecule has 0 aliphatic heterocycles. The Morgan fingerprint density at radius 1 is 0.605 bits per heavy atom. The summed E-state index contributed by atoms with van der Waals surface area (Å²) < 4.78 is 27.5. The lowest BCUT2D eigenvalue weighted by Crippen LogP contribution is -2.32.